The van der Waals surface area contributed by atoms with Gasteiger partial charge in [0.2, 0.25) is 0 Å². The van der Waals surface area contributed by atoms with Gasteiger partial charge in [0, 0.05) is 24.2 Å². The fourth-order valence-corrected chi connectivity index (χ4v) is 4.74. The minimum atomic E-state index is -0.192. The highest BCUT2D eigenvalue weighted by Gasteiger charge is 2.32. The molecule has 0 spiro atoms. The third-order valence-electron chi connectivity index (χ3n) is 5.64. The van der Waals surface area contributed by atoms with E-state index in [0.29, 0.717) is 28.1 Å². The first-order valence-electron chi connectivity index (χ1n) is 11.0. The molecule has 0 aliphatic carbocycles. The van der Waals surface area contributed by atoms with Crippen molar-refractivity contribution in [2.75, 3.05) is 19.1 Å². The van der Waals surface area contributed by atoms with Crippen LogP contribution < -0.4 is 14.4 Å². The molecule has 0 saturated heterocycles. The van der Waals surface area contributed by atoms with Crippen molar-refractivity contribution >= 4 is 40.2 Å². The summed E-state index contributed by atoms with van der Waals surface area (Å²) >= 11 is 1.48. The summed E-state index contributed by atoms with van der Waals surface area (Å²) in [6.07, 6.45) is 5.78. The number of pyridine rings is 1. The second-order valence-electron chi connectivity index (χ2n) is 7.98. The molecule has 2 aromatic carbocycles. The topological polar surface area (TPSA) is 68.4 Å². The lowest BCUT2D eigenvalue weighted by Crippen LogP contribution is -2.30. The number of hydrogen-bond acceptors (Lipinski definition) is 6. The number of amidine groups is 1. The summed E-state index contributed by atoms with van der Waals surface area (Å²) in [6.45, 7) is 2.04. The largest absolute Gasteiger partial charge is 0.497 e. The first-order chi connectivity index (χ1) is 17.1. The van der Waals surface area contributed by atoms with E-state index in [1.165, 1.54) is 11.8 Å². The third kappa shape index (κ3) is 4.65. The zero-order valence-corrected chi connectivity index (χ0v) is 20.5. The summed E-state index contributed by atoms with van der Waals surface area (Å²) in [5, 5.41) is 0.594. The predicted molar refractivity (Wildman–Crippen MR) is 140 cm³/mol. The second kappa shape index (κ2) is 9.68. The highest BCUT2D eigenvalue weighted by Crippen LogP contribution is 2.32. The third-order valence-corrected chi connectivity index (χ3v) is 6.61. The van der Waals surface area contributed by atoms with Gasteiger partial charge in [-0.2, -0.15) is 0 Å². The molecule has 0 saturated carbocycles. The van der Waals surface area contributed by atoms with Crippen molar-refractivity contribution in [1.82, 2.24) is 9.38 Å². The first-order valence-corrected chi connectivity index (χ1v) is 12.0. The molecule has 1 aliphatic heterocycles. The van der Waals surface area contributed by atoms with Crippen molar-refractivity contribution in [3.05, 3.63) is 95.6 Å². The summed E-state index contributed by atoms with van der Waals surface area (Å²) in [4.78, 5) is 24.6. The molecule has 0 fully saturated rings. The summed E-state index contributed by atoms with van der Waals surface area (Å²) in [5.74, 6) is 1.81. The molecule has 0 N–H and O–H groups in total. The van der Waals surface area contributed by atoms with Crippen molar-refractivity contribution in [1.29, 1.82) is 0 Å². The van der Waals surface area contributed by atoms with Crippen LogP contribution in [-0.2, 0) is 10.5 Å². The molecule has 35 heavy (non-hydrogen) atoms. The number of imidazole rings is 1. The molecule has 5 rings (SSSR count). The molecule has 2 aromatic heterocycles. The summed E-state index contributed by atoms with van der Waals surface area (Å²) in [7, 11) is 3.23. The van der Waals surface area contributed by atoms with Crippen molar-refractivity contribution in [3.63, 3.8) is 0 Å². The van der Waals surface area contributed by atoms with Gasteiger partial charge in [-0.05, 0) is 54.5 Å². The van der Waals surface area contributed by atoms with Gasteiger partial charge in [-0.25, -0.2) is 9.98 Å². The van der Waals surface area contributed by atoms with Gasteiger partial charge in [0.05, 0.1) is 25.6 Å². The molecule has 3 heterocycles. The van der Waals surface area contributed by atoms with Crippen molar-refractivity contribution in [2.24, 2.45) is 4.99 Å². The van der Waals surface area contributed by atoms with Gasteiger partial charge in [-0.1, -0.05) is 36.0 Å². The highest BCUT2D eigenvalue weighted by molar-refractivity contribution is 8.13. The lowest BCUT2D eigenvalue weighted by atomic mass is 10.2. The minimum Gasteiger partial charge on any atom is -0.497 e. The SMILES string of the molecule is COc1ccc(/C=C2/N=C(SCc3cn4cccc(C)c4n3)N(c3cccc(OC)c3)C2=O)cc1. The van der Waals surface area contributed by atoms with Crippen molar-refractivity contribution < 1.29 is 14.3 Å². The Morgan fingerprint density at radius 1 is 1.00 bits per heavy atom. The summed E-state index contributed by atoms with van der Waals surface area (Å²) < 4.78 is 12.6. The number of nitrogens with zero attached hydrogens (tertiary/aromatic N) is 4. The van der Waals surface area contributed by atoms with Crippen molar-refractivity contribution in [3.8, 4) is 11.5 Å². The molecule has 176 valence electrons. The van der Waals surface area contributed by atoms with Crippen LogP contribution in [0.15, 0.2) is 83.7 Å². The lowest BCUT2D eigenvalue weighted by molar-refractivity contribution is -0.113. The lowest BCUT2D eigenvalue weighted by Gasteiger charge is -2.18. The van der Waals surface area contributed by atoms with E-state index in [-0.39, 0.29) is 5.91 Å². The Bertz CT molecular complexity index is 1460. The van der Waals surface area contributed by atoms with Gasteiger partial charge in [-0.15, -0.1) is 0 Å². The normalized spacial score (nSPS) is 14.6. The number of anilines is 1. The van der Waals surface area contributed by atoms with Crippen molar-refractivity contribution in [2.45, 2.75) is 12.7 Å². The van der Waals surface area contributed by atoms with E-state index < -0.39 is 0 Å². The highest BCUT2D eigenvalue weighted by atomic mass is 32.2. The number of aliphatic imine (C=N–C) groups is 1. The number of aryl methyl sites for hydroxylation is 1. The molecule has 0 unspecified atom stereocenters. The van der Waals surface area contributed by atoms with Crippen LogP contribution in [-0.4, -0.2) is 34.7 Å². The zero-order valence-electron chi connectivity index (χ0n) is 19.6. The van der Waals surface area contributed by atoms with Crippen LogP contribution >= 0.6 is 11.8 Å². The van der Waals surface area contributed by atoms with E-state index in [4.69, 9.17) is 19.5 Å². The number of aromatic nitrogens is 2. The molecule has 7 nitrogen and oxygen atoms in total. The standard InChI is InChI=1S/C27H24N4O3S/c1-18-6-5-13-30-16-20(28-25(18)30)17-35-27-29-24(14-19-9-11-22(33-2)12-10-19)26(32)31(27)21-7-4-8-23(15-21)34-3/h4-16H,17H2,1-3H3/b24-14+. The quantitative estimate of drug-likeness (QED) is 0.346. The Balaban J connectivity index is 1.47. The van der Waals surface area contributed by atoms with Crippen LogP contribution in [0.5, 0.6) is 11.5 Å². The minimum absolute atomic E-state index is 0.192. The maximum atomic E-state index is 13.5. The Morgan fingerprint density at radius 3 is 2.54 bits per heavy atom. The average molecular weight is 485 g/mol. The maximum absolute atomic E-state index is 13.5. The van der Waals surface area contributed by atoms with Gasteiger partial charge in [0.1, 0.15) is 22.8 Å². The Hall–Kier alpha value is -4.04. The first kappa shape index (κ1) is 22.7. The molecule has 1 aliphatic rings. The van der Waals surface area contributed by atoms with Gasteiger partial charge in [0.25, 0.3) is 5.91 Å². The molecule has 8 heteroatoms. The van der Waals surface area contributed by atoms with E-state index in [0.717, 1.165) is 28.2 Å². The number of ether oxygens (including phenoxy) is 2. The Labute approximate surface area is 207 Å². The Kier molecular flexibility index (Phi) is 6.29. The predicted octanol–water partition coefficient (Wildman–Crippen LogP) is 5.34. The number of carbonyl (C=O) groups excluding carboxylic acids is 1. The maximum Gasteiger partial charge on any atom is 0.283 e. The molecule has 4 aromatic rings. The summed E-state index contributed by atoms with van der Waals surface area (Å²) in [5.41, 5.74) is 4.89. The van der Waals surface area contributed by atoms with Crippen LogP contribution in [0.2, 0.25) is 0 Å². The van der Waals surface area contributed by atoms with E-state index in [9.17, 15) is 4.79 Å². The molecule has 0 atom stereocenters. The van der Waals surface area contributed by atoms with Gasteiger partial charge >= 0.3 is 0 Å². The van der Waals surface area contributed by atoms with E-state index in [2.05, 4.69) is 0 Å². The molecular formula is C27H24N4O3S. The number of carbonyl (C=O) groups is 1. The van der Waals surface area contributed by atoms with Crippen LogP contribution in [0.3, 0.4) is 0 Å². The van der Waals surface area contributed by atoms with Gasteiger partial charge in [-0.3, -0.25) is 9.69 Å². The van der Waals surface area contributed by atoms with Crippen LogP contribution in [0.25, 0.3) is 11.7 Å². The summed E-state index contributed by atoms with van der Waals surface area (Å²) in [6, 6.07) is 19.0. The molecule has 0 radical (unpaired) electrons. The number of amides is 1. The fraction of sp³-hybridized carbons (Fsp3) is 0.148. The van der Waals surface area contributed by atoms with Gasteiger partial charge < -0.3 is 13.9 Å². The smallest absolute Gasteiger partial charge is 0.283 e. The van der Waals surface area contributed by atoms with Crippen LogP contribution in [0, 0.1) is 6.92 Å². The fourth-order valence-electron chi connectivity index (χ4n) is 3.84. The zero-order chi connectivity index (χ0) is 24.4. The Morgan fingerprint density at radius 2 is 1.80 bits per heavy atom. The number of rotatable bonds is 6. The number of fused-ring (bicyclic) bond motifs is 1. The van der Waals surface area contributed by atoms with E-state index >= 15 is 0 Å². The van der Waals surface area contributed by atoms with Gasteiger partial charge in [0.15, 0.2) is 5.17 Å². The van der Waals surface area contributed by atoms with Crippen LogP contribution in [0.1, 0.15) is 16.8 Å². The average Bonchev–Trinajstić information content (AvgIpc) is 3.44. The van der Waals surface area contributed by atoms with Crippen LogP contribution in [0.4, 0.5) is 5.69 Å². The number of methoxy groups -OCH3 is 2. The molecule has 1 amide bonds. The monoisotopic (exact) mass is 484 g/mol. The number of benzene rings is 2. The second-order valence-corrected chi connectivity index (χ2v) is 8.92. The molecular weight excluding hydrogens is 460 g/mol. The van der Waals surface area contributed by atoms with E-state index in [1.54, 1.807) is 25.2 Å². The van der Waals surface area contributed by atoms with E-state index in [1.807, 2.05) is 84.4 Å². The molecule has 0 bridgehead atoms. The number of hydrogen-bond donors (Lipinski definition) is 0. The number of thioether (sulfide) groups is 1.